The van der Waals surface area contributed by atoms with Crippen molar-refractivity contribution < 1.29 is 12.8 Å². The maximum Gasteiger partial charge on any atom is 0.241 e. The Morgan fingerprint density at radius 2 is 1.91 bits per heavy atom. The molecule has 10 heteroatoms. The molecule has 5 nitrogen and oxygen atoms in total. The highest BCUT2D eigenvalue weighted by molar-refractivity contribution is 9.10. The molecule has 1 heterocycles. The van der Waals surface area contributed by atoms with Gasteiger partial charge in [-0.05, 0) is 34.1 Å². The average Bonchev–Trinajstić information content (AvgIpc) is 2.39. The van der Waals surface area contributed by atoms with Gasteiger partial charge in [-0.3, -0.25) is 4.90 Å². The van der Waals surface area contributed by atoms with Gasteiger partial charge >= 0.3 is 0 Å². The Bertz CT molecular complexity index is 571. The minimum atomic E-state index is -3.61. The van der Waals surface area contributed by atoms with Crippen LogP contribution in [0.1, 0.15) is 0 Å². The lowest BCUT2D eigenvalue weighted by molar-refractivity contribution is 0.245. The lowest BCUT2D eigenvalue weighted by Gasteiger charge is -2.27. The summed E-state index contributed by atoms with van der Waals surface area (Å²) in [4.78, 5) is 2.25. The highest BCUT2D eigenvalue weighted by Crippen LogP contribution is 2.22. The van der Waals surface area contributed by atoms with Crippen LogP contribution in [0.4, 0.5) is 4.39 Å². The molecule has 22 heavy (non-hydrogen) atoms. The molecule has 2 rings (SSSR count). The Morgan fingerprint density at radius 3 is 2.50 bits per heavy atom. The zero-order valence-electron chi connectivity index (χ0n) is 11.7. The summed E-state index contributed by atoms with van der Waals surface area (Å²) in [6.07, 6.45) is 0. The average molecular weight is 439 g/mol. The minimum absolute atomic E-state index is 0. The Kier molecular flexibility index (Phi) is 10.0. The van der Waals surface area contributed by atoms with Crippen LogP contribution in [-0.4, -0.2) is 52.6 Å². The molecule has 2 N–H and O–H groups in total. The predicted octanol–water partition coefficient (Wildman–Crippen LogP) is 1.62. The molecule has 0 aliphatic carbocycles. The van der Waals surface area contributed by atoms with Crippen LogP contribution in [0.2, 0.25) is 0 Å². The van der Waals surface area contributed by atoms with Gasteiger partial charge in [0.15, 0.2) is 0 Å². The second kappa shape index (κ2) is 10.0. The molecule has 1 aliphatic heterocycles. The van der Waals surface area contributed by atoms with Crippen molar-refractivity contribution in [2.24, 2.45) is 0 Å². The van der Waals surface area contributed by atoms with E-state index >= 15 is 0 Å². The Balaban J connectivity index is 0.00000220. The third-order valence-corrected chi connectivity index (χ3v) is 5.55. The van der Waals surface area contributed by atoms with Crippen LogP contribution in [0, 0.1) is 5.82 Å². The van der Waals surface area contributed by atoms with E-state index in [9.17, 15) is 12.8 Å². The molecule has 1 fully saturated rings. The molecule has 1 aromatic rings. The summed E-state index contributed by atoms with van der Waals surface area (Å²) in [6, 6.07) is 3.53. The number of hydrogen-bond acceptors (Lipinski definition) is 4. The number of piperazine rings is 1. The Labute approximate surface area is 151 Å². The van der Waals surface area contributed by atoms with Crippen LogP contribution >= 0.6 is 40.7 Å². The number of sulfonamides is 1. The molecule has 0 unspecified atom stereocenters. The van der Waals surface area contributed by atoms with Crippen molar-refractivity contribution in [3.05, 3.63) is 28.5 Å². The van der Waals surface area contributed by atoms with E-state index in [0.717, 1.165) is 38.3 Å². The second-order valence-electron chi connectivity index (χ2n) is 4.56. The van der Waals surface area contributed by atoms with Gasteiger partial charge in [-0.2, -0.15) is 0 Å². The fraction of sp³-hybridized carbons (Fsp3) is 0.500. The van der Waals surface area contributed by atoms with E-state index < -0.39 is 15.8 Å². The fourth-order valence-electron chi connectivity index (χ4n) is 2.04. The summed E-state index contributed by atoms with van der Waals surface area (Å²) in [5, 5.41) is 3.24. The van der Waals surface area contributed by atoms with Gasteiger partial charge in [0, 0.05) is 43.7 Å². The summed E-state index contributed by atoms with van der Waals surface area (Å²) in [6.45, 7) is 4.70. The maximum atomic E-state index is 13.0. The molecule has 1 aliphatic rings. The van der Waals surface area contributed by atoms with Crippen molar-refractivity contribution in [1.82, 2.24) is 14.9 Å². The lowest BCUT2D eigenvalue weighted by atomic mass is 10.3. The van der Waals surface area contributed by atoms with Gasteiger partial charge in [-0.1, -0.05) is 0 Å². The number of halogens is 4. The van der Waals surface area contributed by atoms with E-state index in [1.165, 1.54) is 6.07 Å². The van der Waals surface area contributed by atoms with Crippen LogP contribution in [-0.2, 0) is 10.0 Å². The standard InChI is InChI=1S/C12H17BrFN3O2S.2ClH/c13-11-9-10(14)1-2-12(11)20(18,19)16-5-8-17-6-3-15-4-7-17;;/h1-2,9,15-16H,3-8H2;2*1H. The van der Waals surface area contributed by atoms with Gasteiger partial charge in [0.25, 0.3) is 0 Å². The van der Waals surface area contributed by atoms with Gasteiger partial charge in [0.2, 0.25) is 10.0 Å². The van der Waals surface area contributed by atoms with Crippen LogP contribution in [0.5, 0.6) is 0 Å². The molecule has 0 bridgehead atoms. The fourth-order valence-corrected chi connectivity index (χ4v) is 4.11. The molecular weight excluding hydrogens is 420 g/mol. The minimum Gasteiger partial charge on any atom is -0.314 e. The molecule has 0 atom stereocenters. The number of nitrogens with zero attached hydrogens (tertiary/aromatic N) is 1. The van der Waals surface area contributed by atoms with Gasteiger partial charge in [-0.25, -0.2) is 17.5 Å². The van der Waals surface area contributed by atoms with Crippen molar-refractivity contribution in [2.45, 2.75) is 4.90 Å². The molecule has 128 valence electrons. The first kappa shape index (κ1) is 22.0. The first-order valence-electron chi connectivity index (χ1n) is 6.37. The predicted molar refractivity (Wildman–Crippen MR) is 93.1 cm³/mol. The first-order valence-corrected chi connectivity index (χ1v) is 8.64. The summed E-state index contributed by atoms with van der Waals surface area (Å²) in [5.74, 6) is -0.475. The normalized spacial score (nSPS) is 15.7. The lowest BCUT2D eigenvalue weighted by Crippen LogP contribution is -2.46. The van der Waals surface area contributed by atoms with Crippen molar-refractivity contribution in [2.75, 3.05) is 39.3 Å². The highest BCUT2D eigenvalue weighted by Gasteiger charge is 2.18. The van der Waals surface area contributed by atoms with Crippen molar-refractivity contribution in [1.29, 1.82) is 0 Å². The molecular formula is C12H19BrCl2FN3O2S. The number of rotatable bonds is 5. The van der Waals surface area contributed by atoms with E-state index in [1.54, 1.807) is 0 Å². The van der Waals surface area contributed by atoms with E-state index in [4.69, 9.17) is 0 Å². The third kappa shape index (κ3) is 6.27. The van der Waals surface area contributed by atoms with Gasteiger partial charge < -0.3 is 5.32 Å². The number of benzene rings is 1. The van der Waals surface area contributed by atoms with E-state index in [2.05, 4.69) is 30.9 Å². The first-order chi connectivity index (χ1) is 9.49. The summed E-state index contributed by atoms with van der Waals surface area (Å²) < 4.78 is 40.0. The summed E-state index contributed by atoms with van der Waals surface area (Å²) in [5.41, 5.74) is 0. The van der Waals surface area contributed by atoms with Crippen LogP contribution in [0.15, 0.2) is 27.6 Å². The van der Waals surface area contributed by atoms with Crippen molar-refractivity contribution in [3.8, 4) is 0 Å². The molecule has 0 saturated carbocycles. The summed E-state index contributed by atoms with van der Waals surface area (Å²) >= 11 is 3.07. The van der Waals surface area contributed by atoms with E-state index in [-0.39, 0.29) is 34.2 Å². The van der Waals surface area contributed by atoms with Gasteiger partial charge in [-0.15, -0.1) is 24.8 Å². The molecule has 0 amide bonds. The second-order valence-corrected chi connectivity index (χ2v) is 7.15. The third-order valence-electron chi connectivity index (χ3n) is 3.11. The quantitative estimate of drug-likeness (QED) is 0.733. The van der Waals surface area contributed by atoms with Gasteiger partial charge in [0.1, 0.15) is 5.82 Å². The van der Waals surface area contributed by atoms with Gasteiger partial charge in [0.05, 0.1) is 4.90 Å². The van der Waals surface area contributed by atoms with Crippen molar-refractivity contribution in [3.63, 3.8) is 0 Å². The summed E-state index contributed by atoms with van der Waals surface area (Å²) in [7, 11) is -3.61. The molecule has 0 radical (unpaired) electrons. The largest absolute Gasteiger partial charge is 0.314 e. The maximum absolute atomic E-state index is 13.0. The van der Waals surface area contributed by atoms with E-state index in [0.29, 0.717) is 13.1 Å². The van der Waals surface area contributed by atoms with Crippen LogP contribution < -0.4 is 10.0 Å². The van der Waals surface area contributed by atoms with Crippen LogP contribution in [0.25, 0.3) is 0 Å². The van der Waals surface area contributed by atoms with Crippen molar-refractivity contribution >= 4 is 50.8 Å². The molecule has 0 aromatic heterocycles. The zero-order valence-corrected chi connectivity index (χ0v) is 15.8. The highest BCUT2D eigenvalue weighted by atomic mass is 79.9. The van der Waals surface area contributed by atoms with Crippen LogP contribution in [0.3, 0.4) is 0 Å². The zero-order chi connectivity index (χ0) is 14.6. The SMILES string of the molecule is Cl.Cl.O=S(=O)(NCCN1CCNCC1)c1ccc(F)cc1Br. The Morgan fingerprint density at radius 1 is 1.27 bits per heavy atom. The monoisotopic (exact) mass is 437 g/mol. The molecule has 1 saturated heterocycles. The molecule has 1 aromatic carbocycles. The van der Waals surface area contributed by atoms with E-state index in [1.807, 2.05) is 0 Å². The Hall–Kier alpha value is 0.0400. The number of nitrogens with one attached hydrogen (secondary N) is 2. The number of hydrogen-bond donors (Lipinski definition) is 2. The topological polar surface area (TPSA) is 61.4 Å². The smallest absolute Gasteiger partial charge is 0.241 e. The molecule has 0 spiro atoms.